The van der Waals surface area contributed by atoms with Crippen molar-refractivity contribution in [1.82, 2.24) is 4.90 Å². The first-order valence-electron chi connectivity index (χ1n) is 8.04. The molecule has 0 aromatic heterocycles. The maximum absolute atomic E-state index is 12.2. The highest BCUT2D eigenvalue weighted by molar-refractivity contribution is 5.75. The van der Waals surface area contributed by atoms with Crippen molar-refractivity contribution in [2.75, 3.05) is 6.54 Å². The predicted molar refractivity (Wildman–Crippen MR) is 84.5 cm³/mol. The maximum atomic E-state index is 12.2. The van der Waals surface area contributed by atoms with Crippen molar-refractivity contribution in [1.29, 1.82) is 0 Å². The molecule has 0 saturated heterocycles. The molecule has 0 aromatic carbocycles. The average molecular weight is 275 g/mol. The molecule has 0 N–H and O–H groups in total. The zero-order valence-corrected chi connectivity index (χ0v) is 13.4. The second-order valence-electron chi connectivity index (χ2n) is 6.93. The van der Waals surface area contributed by atoms with E-state index in [1.165, 1.54) is 43.3 Å². The van der Waals surface area contributed by atoms with E-state index >= 15 is 0 Å². The van der Waals surface area contributed by atoms with E-state index in [9.17, 15) is 4.79 Å². The highest BCUT2D eigenvalue weighted by atomic mass is 16.2. The van der Waals surface area contributed by atoms with Crippen LogP contribution in [0.3, 0.4) is 0 Å². The predicted octanol–water partition coefficient (Wildman–Crippen LogP) is 4.47. The molecule has 0 bridgehead atoms. The van der Waals surface area contributed by atoms with Crippen molar-refractivity contribution in [2.24, 2.45) is 5.92 Å². The first kappa shape index (κ1) is 15.3. The number of rotatable bonds is 3. The Bertz CT molecular complexity index is 417. The van der Waals surface area contributed by atoms with Gasteiger partial charge < -0.3 is 4.90 Å². The van der Waals surface area contributed by atoms with Crippen molar-refractivity contribution in [2.45, 2.75) is 71.3 Å². The summed E-state index contributed by atoms with van der Waals surface area (Å²) in [6.45, 7) is 11.0. The molecule has 1 atom stereocenters. The first-order chi connectivity index (χ1) is 9.45. The van der Waals surface area contributed by atoms with Crippen LogP contribution in [0.5, 0.6) is 0 Å². The van der Waals surface area contributed by atoms with Gasteiger partial charge in [-0.25, -0.2) is 0 Å². The Labute approximate surface area is 123 Å². The molecule has 0 unspecified atom stereocenters. The molecule has 1 fully saturated rings. The fourth-order valence-corrected chi connectivity index (χ4v) is 4.35. The minimum Gasteiger partial charge on any atom is -0.333 e. The monoisotopic (exact) mass is 275 g/mol. The Morgan fingerprint density at radius 1 is 1.35 bits per heavy atom. The molecule has 20 heavy (non-hydrogen) atoms. The largest absolute Gasteiger partial charge is 0.333 e. The van der Waals surface area contributed by atoms with Gasteiger partial charge in [-0.3, -0.25) is 4.79 Å². The van der Waals surface area contributed by atoms with Gasteiger partial charge in [0.25, 0.3) is 0 Å². The SMILES string of the molecule is C=C(C)C[C@]1(C2CCCCC2)CC(C)=CCN1C(C)=O. The minimum atomic E-state index is -0.00306. The summed E-state index contributed by atoms with van der Waals surface area (Å²) in [7, 11) is 0. The van der Waals surface area contributed by atoms with Gasteiger partial charge in [0, 0.05) is 13.5 Å². The molecule has 1 aliphatic carbocycles. The van der Waals surface area contributed by atoms with Crippen LogP contribution in [0.4, 0.5) is 0 Å². The lowest BCUT2D eigenvalue weighted by Gasteiger charge is -2.52. The van der Waals surface area contributed by atoms with E-state index in [4.69, 9.17) is 0 Å². The zero-order valence-electron chi connectivity index (χ0n) is 13.4. The van der Waals surface area contributed by atoms with Crippen LogP contribution in [0.2, 0.25) is 0 Å². The van der Waals surface area contributed by atoms with Crippen LogP contribution in [0.15, 0.2) is 23.8 Å². The van der Waals surface area contributed by atoms with Crippen molar-refractivity contribution in [3.05, 3.63) is 23.8 Å². The number of amides is 1. The number of nitrogens with zero attached hydrogens (tertiary/aromatic N) is 1. The van der Waals surface area contributed by atoms with Crippen LogP contribution in [0, 0.1) is 5.92 Å². The van der Waals surface area contributed by atoms with Gasteiger partial charge in [-0.1, -0.05) is 36.5 Å². The summed E-state index contributed by atoms with van der Waals surface area (Å²) in [6.07, 6.45) is 10.7. The number of hydrogen-bond acceptors (Lipinski definition) is 1. The van der Waals surface area contributed by atoms with Crippen LogP contribution in [0.1, 0.15) is 65.7 Å². The summed E-state index contributed by atoms with van der Waals surface area (Å²) in [5, 5.41) is 0. The molecule has 2 nitrogen and oxygen atoms in total. The molecule has 2 aliphatic rings. The third kappa shape index (κ3) is 2.99. The standard InChI is InChI=1S/C18H29NO/c1-14(2)12-18(17-8-6-5-7-9-17)13-15(3)10-11-19(18)16(4)20/h10,17H,1,5-9,11-13H2,2-4H3/t18-/m1/s1. The molecule has 2 heteroatoms. The molecule has 1 saturated carbocycles. The van der Waals surface area contributed by atoms with Gasteiger partial charge in [0.15, 0.2) is 0 Å². The van der Waals surface area contributed by atoms with Crippen LogP contribution >= 0.6 is 0 Å². The Kier molecular flexibility index (Phi) is 4.72. The molecule has 1 heterocycles. The van der Waals surface area contributed by atoms with Gasteiger partial charge >= 0.3 is 0 Å². The topological polar surface area (TPSA) is 20.3 Å². The Balaban J connectivity index is 2.38. The maximum Gasteiger partial charge on any atom is 0.220 e. The summed E-state index contributed by atoms with van der Waals surface area (Å²) < 4.78 is 0. The van der Waals surface area contributed by atoms with Crippen LogP contribution in [-0.4, -0.2) is 22.9 Å². The zero-order chi connectivity index (χ0) is 14.8. The number of carbonyl (C=O) groups excluding carboxylic acids is 1. The van der Waals surface area contributed by atoms with E-state index in [0.29, 0.717) is 5.92 Å². The summed E-state index contributed by atoms with van der Waals surface area (Å²) in [5.41, 5.74) is 2.64. The van der Waals surface area contributed by atoms with Gasteiger partial charge in [-0.15, -0.1) is 6.58 Å². The van der Waals surface area contributed by atoms with Crippen LogP contribution in [0.25, 0.3) is 0 Å². The summed E-state index contributed by atoms with van der Waals surface area (Å²) in [6, 6.07) is 0. The lowest BCUT2D eigenvalue weighted by Crippen LogP contribution is -2.58. The normalized spacial score (nSPS) is 28.1. The summed E-state index contributed by atoms with van der Waals surface area (Å²) in [5.74, 6) is 0.862. The fourth-order valence-electron chi connectivity index (χ4n) is 4.35. The quantitative estimate of drug-likeness (QED) is 0.696. The average Bonchev–Trinajstić information content (AvgIpc) is 2.38. The van der Waals surface area contributed by atoms with Crippen molar-refractivity contribution in [3.8, 4) is 0 Å². The molecule has 0 aromatic rings. The fraction of sp³-hybridized carbons (Fsp3) is 0.722. The van der Waals surface area contributed by atoms with E-state index in [2.05, 4.69) is 31.4 Å². The van der Waals surface area contributed by atoms with Gasteiger partial charge in [0.2, 0.25) is 5.91 Å². The lowest BCUT2D eigenvalue weighted by molar-refractivity contribution is -0.138. The van der Waals surface area contributed by atoms with Crippen molar-refractivity contribution in [3.63, 3.8) is 0 Å². The van der Waals surface area contributed by atoms with Gasteiger partial charge in [-0.05, 0) is 45.4 Å². The molecule has 1 amide bonds. The van der Waals surface area contributed by atoms with Gasteiger partial charge in [0.05, 0.1) is 5.54 Å². The second-order valence-corrected chi connectivity index (χ2v) is 6.93. The van der Waals surface area contributed by atoms with Crippen LogP contribution in [-0.2, 0) is 4.79 Å². The first-order valence-corrected chi connectivity index (χ1v) is 8.04. The molecule has 0 radical (unpaired) electrons. The highest BCUT2D eigenvalue weighted by Gasteiger charge is 2.46. The molecule has 2 rings (SSSR count). The van der Waals surface area contributed by atoms with E-state index in [1.54, 1.807) is 6.92 Å². The van der Waals surface area contributed by atoms with E-state index < -0.39 is 0 Å². The van der Waals surface area contributed by atoms with E-state index in [-0.39, 0.29) is 11.4 Å². The van der Waals surface area contributed by atoms with E-state index in [1.807, 2.05) is 0 Å². The molecule has 112 valence electrons. The highest BCUT2D eigenvalue weighted by Crippen LogP contribution is 2.45. The Morgan fingerprint density at radius 3 is 2.55 bits per heavy atom. The Morgan fingerprint density at radius 2 is 2.00 bits per heavy atom. The van der Waals surface area contributed by atoms with Gasteiger partial charge in [-0.2, -0.15) is 0 Å². The second kappa shape index (κ2) is 6.15. The third-order valence-electron chi connectivity index (χ3n) is 5.10. The molecule has 1 aliphatic heterocycles. The number of hydrogen-bond donors (Lipinski definition) is 0. The molecular weight excluding hydrogens is 246 g/mol. The Hall–Kier alpha value is -1.05. The van der Waals surface area contributed by atoms with Crippen molar-refractivity contribution >= 4 is 5.91 Å². The van der Waals surface area contributed by atoms with Gasteiger partial charge in [0.1, 0.15) is 0 Å². The molecular formula is C18H29NO. The third-order valence-corrected chi connectivity index (χ3v) is 5.10. The minimum absolute atomic E-state index is 0.00306. The lowest BCUT2D eigenvalue weighted by atomic mass is 9.67. The molecule has 0 spiro atoms. The van der Waals surface area contributed by atoms with Crippen LogP contribution < -0.4 is 0 Å². The van der Waals surface area contributed by atoms with Crippen molar-refractivity contribution < 1.29 is 4.79 Å². The summed E-state index contributed by atoms with van der Waals surface area (Å²) in [4.78, 5) is 14.4. The number of carbonyl (C=O) groups is 1. The smallest absolute Gasteiger partial charge is 0.220 e. The summed E-state index contributed by atoms with van der Waals surface area (Å²) >= 11 is 0. The van der Waals surface area contributed by atoms with E-state index in [0.717, 1.165) is 19.4 Å².